The van der Waals surface area contributed by atoms with Crippen LogP contribution in [0.2, 0.25) is 0 Å². The van der Waals surface area contributed by atoms with Crippen molar-refractivity contribution in [3.63, 3.8) is 0 Å². The summed E-state index contributed by atoms with van der Waals surface area (Å²) in [5.74, 6) is -0.255. The zero-order valence-corrected chi connectivity index (χ0v) is 18.8. The van der Waals surface area contributed by atoms with Gasteiger partial charge in [-0.15, -0.1) is 0 Å². The van der Waals surface area contributed by atoms with Gasteiger partial charge in [-0.2, -0.15) is 10.2 Å². The Kier molecular flexibility index (Phi) is 5.90. The first-order valence-corrected chi connectivity index (χ1v) is 10.9. The second-order valence-electron chi connectivity index (χ2n) is 7.82. The fourth-order valence-corrected chi connectivity index (χ4v) is 4.05. The Morgan fingerprint density at radius 1 is 1.00 bits per heavy atom. The van der Waals surface area contributed by atoms with Crippen LogP contribution in [0.4, 0.5) is 5.69 Å². The molecule has 4 aromatic rings. The zero-order valence-electron chi connectivity index (χ0n) is 18.8. The number of aryl methyl sites for hydroxylation is 3. The third-order valence-corrected chi connectivity index (χ3v) is 5.78. The van der Waals surface area contributed by atoms with Gasteiger partial charge in [0.05, 0.1) is 22.5 Å². The Hall–Kier alpha value is -3.74. The van der Waals surface area contributed by atoms with E-state index in [-0.39, 0.29) is 11.5 Å². The second-order valence-corrected chi connectivity index (χ2v) is 7.82. The first-order valence-electron chi connectivity index (χ1n) is 10.9. The Labute approximate surface area is 186 Å². The van der Waals surface area contributed by atoms with Gasteiger partial charge in [0.15, 0.2) is 0 Å². The Bertz CT molecular complexity index is 1340. The molecule has 2 heterocycles. The summed E-state index contributed by atoms with van der Waals surface area (Å²) in [7, 11) is 0. The van der Waals surface area contributed by atoms with Crippen LogP contribution in [0.15, 0.2) is 59.4 Å². The highest BCUT2D eigenvalue weighted by Crippen LogP contribution is 2.22. The van der Waals surface area contributed by atoms with Crippen LogP contribution in [0.5, 0.6) is 0 Å². The van der Waals surface area contributed by atoms with E-state index in [1.807, 2.05) is 82.3 Å². The summed E-state index contributed by atoms with van der Waals surface area (Å²) in [6.07, 6.45) is 1.23. The molecule has 1 N–H and O–H groups in total. The minimum absolute atomic E-state index is 0.255. The SMILES string of the molecule is CCc1ccccc1NC(=O)C(CC)n1nc(C)c2nn(-c3ccccc3)c(C)c2c1=O. The van der Waals surface area contributed by atoms with E-state index in [0.717, 1.165) is 29.1 Å². The number of benzene rings is 2. The van der Waals surface area contributed by atoms with Crippen LogP contribution in [-0.2, 0) is 11.2 Å². The molecule has 1 atom stereocenters. The van der Waals surface area contributed by atoms with Gasteiger partial charge >= 0.3 is 0 Å². The van der Waals surface area contributed by atoms with E-state index < -0.39 is 6.04 Å². The Morgan fingerprint density at radius 2 is 1.69 bits per heavy atom. The summed E-state index contributed by atoms with van der Waals surface area (Å²) < 4.78 is 3.06. The number of hydrogen-bond donors (Lipinski definition) is 1. The molecule has 0 spiro atoms. The number of anilines is 1. The van der Waals surface area contributed by atoms with Crippen molar-refractivity contribution < 1.29 is 4.79 Å². The first-order chi connectivity index (χ1) is 15.5. The highest BCUT2D eigenvalue weighted by atomic mass is 16.2. The molecule has 0 aliphatic heterocycles. The molecule has 0 saturated carbocycles. The number of carbonyl (C=O) groups is 1. The predicted molar refractivity (Wildman–Crippen MR) is 126 cm³/mol. The van der Waals surface area contributed by atoms with E-state index in [9.17, 15) is 9.59 Å². The highest BCUT2D eigenvalue weighted by Gasteiger charge is 2.25. The lowest BCUT2D eigenvalue weighted by Crippen LogP contribution is -2.35. The van der Waals surface area contributed by atoms with Crippen molar-refractivity contribution in [1.82, 2.24) is 19.6 Å². The molecule has 1 unspecified atom stereocenters. The van der Waals surface area contributed by atoms with Gasteiger partial charge in [0, 0.05) is 5.69 Å². The molecule has 7 heteroatoms. The van der Waals surface area contributed by atoms with Crippen molar-refractivity contribution >= 4 is 22.5 Å². The van der Waals surface area contributed by atoms with Gasteiger partial charge in [-0.1, -0.05) is 50.2 Å². The molecule has 32 heavy (non-hydrogen) atoms. The zero-order chi connectivity index (χ0) is 22.8. The van der Waals surface area contributed by atoms with Crippen LogP contribution < -0.4 is 10.9 Å². The normalized spacial score (nSPS) is 12.1. The van der Waals surface area contributed by atoms with E-state index in [2.05, 4.69) is 15.5 Å². The van der Waals surface area contributed by atoms with Gasteiger partial charge in [-0.3, -0.25) is 9.59 Å². The maximum atomic E-state index is 13.5. The van der Waals surface area contributed by atoms with Gasteiger partial charge in [0.2, 0.25) is 5.91 Å². The molecule has 0 bridgehead atoms. The van der Waals surface area contributed by atoms with Gasteiger partial charge in [0.1, 0.15) is 11.6 Å². The molecule has 0 saturated heterocycles. The van der Waals surface area contributed by atoms with Crippen molar-refractivity contribution in [3.05, 3.63) is 81.9 Å². The third-order valence-electron chi connectivity index (χ3n) is 5.78. The maximum absolute atomic E-state index is 13.5. The second kappa shape index (κ2) is 8.78. The lowest BCUT2D eigenvalue weighted by atomic mass is 10.1. The number of para-hydroxylation sites is 2. The topological polar surface area (TPSA) is 81.8 Å². The largest absolute Gasteiger partial charge is 0.324 e. The van der Waals surface area contributed by atoms with Crippen molar-refractivity contribution in [2.45, 2.75) is 46.6 Å². The fraction of sp³-hybridized carbons (Fsp3) is 0.280. The monoisotopic (exact) mass is 429 g/mol. The van der Waals surface area contributed by atoms with Crippen LogP contribution in [0.3, 0.4) is 0 Å². The standard InChI is InChI=1S/C25H27N5O2/c1-5-18-12-10-11-15-20(18)26-24(31)21(6-2)30-25(32)22-17(4)29(19-13-8-7-9-14-19)28-23(22)16(3)27-30/h7-15,21H,5-6H2,1-4H3,(H,26,31). The molecule has 164 valence electrons. The number of fused-ring (bicyclic) bond motifs is 1. The number of nitrogens with zero attached hydrogens (tertiary/aromatic N) is 4. The Morgan fingerprint density at radius 3 is 2.38 bits per heavy atom. The molecule has 2 aromatic heterocycles. The van der Waals surface area contributed by atoms with Gasteiger partial charge in [-0.05, 0) is 50.5 Å². The minimum Gasteiger partial charge on any atom is -0.324 e. The molecule has 0 aliphatic carbocycles. The smallest absolute Gasteiger partial charge is 0.278 e. The molecule has 0 aliphatic rings. The maximum Gasteiger partial charge on any atom is 0.278 e. The number of aromatic nitrogens is 4. The van der Waals surface area contributed by atoms with Crippen molar-refractivity contribution in [2.24, 2.45) is 0 Å². The number of hydrogen-bond acceptors (Lipinski definition) is 4. The summed E-state index contributed by atoms with van der Waals surface area (Å²) in [5.41, 5.74) is 4.25. The first kappa shape index (κ1) is 21.5. The van der Waals surface area contributed by atoms with E-state index >= 15 is 0 Å². The number of carbonyl (C=O) groups excluding carboxylic acids is 1. The molecule has 2 aromatic carbocycles. The van der Waals surface area contributed by atoms with E-state index in [1.54, 1.807) is 4.68 Å². The number of nitrogens with one attached hydrogen (secondary N) is 1. The van der Waals surface area contributed by atoms with Gasteiger partial charge in [0.25, 0.3) is 5.56 Å². The van der Waals surface area contributed by atoms with Crippen molar-refractivity contribution in [3.8, 4) is 5.69 Å². The molecular formula is C25H27N5O2. The van der Waals surface area contributed by atoms with Crippen LogP contribution in [0, 0.1) is 13.8 Å². The summed E-state index contributed by atoms with van der Waals surface area (Å²) >= 11 is 0. The molecule has 0 radical (unpaired) electrons. The van der Waals surface area contributed by atoms with Crippen molar-refractivity contribution in [1.29, 1.82) is 0 Å². The van der Waals surface area contributed by atoms with Crippen molar-refractivity contribution in [2.75, 3.05) is 5.32 Å². The minimum atomic E-state index is -0.727. The Balaban J connectivity index is 1.79. The molecule has 7 nitrogen and oxygen atoms in total. The van der Waals surface area contributed by atoms with E-state index in [0.29, 0.717) is 23.0 Å². The van der Waals surface area contributed by atoms with Crippen LogP contribution in [0.1, 0.15) is 43.3 Å². The third kappa shape index (κ3) is 3.70. The number of rotatable bonds is 6. The van der Waals surface area contributed by atoms with Crippen LogP contribution in [0.25, 0.3) is 16.6 Å². The molecule has 1 amide bonds. The van der Waals surface area contributed by atoms with E-state index in [1.165, 1.54) is 4.68 Å². The molecule has 4 rings (SSSR count). The van der Waals surface area contributed by atoms with Gasteiger partial charge in [-0.25, -0.2) is 9.36 Å². The quantitative estimate of drug-likeness (QED) is 0.494. The average Bonchev–Trinajstić information content (AvgIpc) is 3.16. The molecule has 0 fully saturated rings. The summed E-state index contributed by atoms with van der Waals surface area (Å²) in [6.45, 7) is 7.60. The van der Waals surface area contributed by atoms with E-state index in [4.69, 9.17) is 0 Å². The predicted octanol–water partition coefficient (Wildman–Crippen LogP) is 4.35. The van der Waals surface area contributed by atoms with Crippen LogP contribution in [-0.4, -0.2) is 25.5 Å². The molecular weight excluding hydrogens is 402 g/mol. The summed E-state index contributed by atoms with van der Waals surface area (Å²) in [5, 5.41) is 12.6. The average molecular weight is 430 g/mol. The fourth-order valence-electron chi connectivity index (χ4n) is 4.05. The summed E-state index contributed by atoms with van der Waals surface area (Å²) in [6, 6.07) is 16.6. The van der Waals surface area contributed by atoms with Gasteiger partial charge < -0.3 is 5.32 Å². The number of amides is 1. The lowest BCUT2D eigenvalue weighted by Gasteiger charge is -2.18. The highest BCUT2D eigenvalue weighted by molar-refractivity contribution is 5.94. The lowest BCUT2D eigenvalue weighted by molar-refractivity contribution is -0.119. The summed E-state index contributed by atoms with van der Waals surface area (Å²) in [4.78, 5) is 26.7. The van der Waals surface area contributed by atoms with Crippen LogP contribution >= 0.6 is 0 Å².